The molecule has 0 atom stereocenters. The van der Waals surface area contributed by atoms with Crippen LogP contribution in [0.4, 0.5) is 0 Å². The van der Waals surface area contributed by atoms with E-state index in [0.29, 0.717) is 16.8 Å². The Morgan fingerprint density at radius 3 is 2.39 bits per heavy atom. The molecule has 1 N–H and O–H groups in total. The normalized spacial score (nSPS) is 22.0. The first-order valence-electron chi connectivity index (χ1n) is 7.97. The summed E-state index contributed by atoms with van der Waals surface area (Å²) in [6, 6.07) is 0. The number of carbonyl (C=O) groups is 1. The molecule has 3 rings (SSSR count). The minimum absolute atomic E-state index is 0.175. The van der Waals surface area contributed by atoms with E-state index in [1.54, 1.807) is 19.4 Å². The lowest BCUT2D eigenvalue weighted by atomic mass is 9.76. The van der Waals surface area contributed by atoms with Crippen LogP contribution in [0.3, 0.4) is 0 Å². The van der Waals surface area contributed by atoms with Crippen molar-refractivity contribution in [2.75, 3.05) is 7.05 Å². The third-order valence-electron chi connectivity index (χ3n) is 4.72. The minimum atomic E-state index is -0.650. The van der Waals surface area contributed by atoms with Crippen molar-refractivity contribution in [1.29, 1.82) is 0 Å². The van der Waals surface area contributed by atoms with E-state index in [9.17, 15) is 4.79 Å². The van der Waals surface area contributed by atoms with Crippen LogP contribution in [0.5, 0.6) is 5.75 Å². The van der Waals surface area contributed by atoms with Gasteiger partial charge in [0, 0.05) is 18.7 Å². The molecule has 0 radical (unpaired) electrons. The summed E-state index contributed by atoms with van der Waals surface area (Å²) in [4.78, 5) is 16.6. The minimum Gasteiger partial charge on any atom is -0.488 e. The largest absolute Gasteiger partial charge is 0.497 e. The Kier molecular flexibility index (Phi) is 3.88. The maximum atomic E-state index is 12.4. The van der Waals surface area contributed by atoms with Gasteiger partial charge in [-0.05, 0) is 40.5 Å². The van der Waals surface area contributed by atoms with Crippen LogP contribution in [0, 0.1) is 0 Å². The van der Waals surface area contributed by atoms with E-state index in [1.165, 1.54) is 0 Å². The number of pyridine rings is 1. The zero-order valence-corrected chi connectivity index (χ0v) is 14.3. The van der Waals surface area contributed by atoms with Gasteiger partial charge in [0.25, 0.3) is 5.91 Å². The molecule has 1 saturated heterocycles. The van der Waals surface area contributed by atoms with Gasteiger partial charge in [0.1, 0.15) is 5.75 Å². The summed E-state index contributed by atoms with van der Waals surface area (Å²) in [7, 11) is 0.945. The van der Waals surface area contributed by atoms with Crippen molar-refractivity contribution in [3.63, 3.8) is 0 Å². The average Bonchev–Trinajstić information content (AvgIpc) is 3.25. The van der Waals surface area contributed by atoms with Crippen molar-refractivity contribution < 1.29 is 18.8 Å². The highest BCUT2D eigenvalue weighted by Crippen LogP contribution is 2.37. The van der Waals surface area contributed by atoms with Crippen molar-refractivity contribution in [2.45, 2.75) is 57.8 Å². The molecule has 0 spiro atoms. The summed E-state index contributed by atoms with van der Waals surface area (Å²) in [5.74, 6) is 0.256. The van der Waals surface area contributed by atoms with E-state index in [4.69, 9.17) is 14.0 Å². The van der Waals surface area contributed by atoms with Crippen molar-refractivity contribution in [2.24, 2.45) is 0 Å². The van der Waals surface area contributed by atoms with Crippen LogP contribution in [0.15, 0.2) is 12.4 Å². The molecule has 1 aliphatic carbocycles. The van der Waals surface area contributed by atoms with E-state index in [2.05, 4.69) is 10.3 Å². The Labute approximate surface area is 137 Å². The number of hydrogen-bond donors (Lipinski definition) is 1. The number of nitrogens with one attached hydrogen (secondary N) is 1. The fourth-order valence-electron chi connectivity index (χ4n) is 2.43. The molecule has 2 heterocycles. The Balaban J connectivity index is 2.00. The lowest BCUT2D eigenvalue weighted by molar-refractivity contribution is 0.00578. The number of nitrogens with zero attached hydrogens (tertiary/aromatic N) is 1. The van der Waals surface area contributed by atoms with Gasteiger partial charge in [0.2, 0.25) is 0 Å². The SMILES string of the molecule is CNC(=O)c1c(OC2CC2)cncc1B1OC(C)(C)C(C)(C)O1. The van der Waals surface area contributed by atoms with Crippen LogP contribution < -0.4 is 15.5 Å². The lowest BCUT2D eigenvalue weighted by Gasteiger charge is -2.32. The van der Waals surface area contributed by atoms with Crippen LogP contribution in [-0.4, -0.2) is 42.4 Å². The van der Waals surface area contributed by atoms with E-state index >= 15 is 0 Å². The van der Waals surface area contributed by atoms with E-state index in [1.807, 2.05) is 27.7 Å². The van der Waals surface area contributed by atoms with Gasteiger partial charge in [-0.3, -0.25) is 9.78 Å². The molecule has 6 nitrogen and oxygen atoms in total. The van der Waals surface area contributed by atoms with E-state index < -0.39 is 18.3 Å². The molecular weight excluding hydrogens is 295 g/mol. The third kappa shape index (κ3) is 2.95. The molecular formula is C16H23BN2O4. The van der Waals surface area contributed by atoms with Gasteiger partial charge in [0.15, 0.2) is 0 Å². The maximum absolute atomic E-state index is 12.4. The van der Waals surface area contributed by atoms with Gasteiger partial charge in [-0.25, -0.2) is 0 Å². The Bertz CT molecular complexity index is 613. The maximum Gasteiger partial charge on any atom is 0.497 e. The first kappa shape index (κ1) is 16.3. The van der Waals surface area contributed by atoms with Gasteiger partial charge in [-0.15, -0.1) is 0 Å². The topological polar surface area (TPSA) is 69.7 Å². The lowest BCUT2D eigenvalue weighted by Crippen LogP contribution is -2.41. The Morgan fingerprint density at radius 1 is 1.26 bits per heavy atom. The van der Waals surface area contributed by atoms with Crippen LogP contribution >= 0.6 is 0 Å². The first-order valence-corrected chi connectivity index (χ1v) is 7.97. The zero-order valence-electron chi connectivity index (χ0n) is 14.3. The zero-order chi connectivity index (χ0) is 16.8. The van der Waals surface area contributed by atoms with Crippen molar-refractivity contribution in [3.8, 4) is 5.75 Å². The summed E-state index contributed by atoms with van der Waals surface area (Å²) < 4.78 is 18.0. The highest BCUT2D eigenvalue weighted by atomic mass is 16.7. The second-order valence-corrected chi connectivity index (χ2v) is 7.09. The highest BCUT2D eigenvalue weighted by Gasteiger charge is 2.53. The van der Waals surface area contributed by atoms with E-state index in [-0.39, 0.29) is 12.0 Å². The summed E-state index contributed by atoms with van der Waals surface area (Å²) in [5.41, 5.74) is 0.0738. The third-order valence-corrected chi connectivity index (χ3v) is 4.72. The average molecular weight is 318 g/mol. The number of hydrogen-bond acceptors (Lipinski definition) is 5. The summed E-state index contributed by atoms with van der Waals surface area (Å²) in [6.07, 6.45) is 5.39. The van der Waals surface area contributed by atoms with Crippen LogP contribution in [0.2, 0.25) is 0 Å². The van der Waals surface area contributed by atoms with Crippen LogP contribution in [0.25, 0.3) is 0 Å². The summed E-state index contributed by atoms with van der Waals surface area (Å²) >= 11 is 0. The number of ether oxygens (including phenoxy) is 1. The molecule has 1 aromatic heterocycles. The highest BCUT2D eigenvalue weighted by molar-refractivity contribution is 6.63. The van der Waals surface area contributed by atoms with Crippen LogP contribution in [-0.2, 0) is 9.31 Å². The molecule has 2 aliphatic rings. The molecule has 1 amide bonds. The monoisotopic (exact) mass is 318 g/mol. The molecule has 0 bridgehead atoms. The predicted molar refractivity (Wildman–Crippen MR) is 87.0 cm³/mol. The van der Waals surface area contributed by atoms with Crippen LogP contribution in [0.1, 0.15) is 50.9 Å². The Morgan fingerprint density at radius 2 is 1.87 bits per heavy atom. The second kappa shape index (κ2) is 5.49. The standard InChI is InChI=1S/C16H23BN2O4/c1-15(2)16(3,4)23-17(22-15)11-8-19-9-12(21-10-6-7-10)13(11)14(20)18-5/h8-10H,6-7H2,1-5H3,(H,18,20). The molecule has 0 aromatic carbocycles. The number of aromatic nitrogens is 1. The quantitative estimate of drug-likeness (QED) is 0.847. The molecule has 23 heavy (non-hydrogen) atoms. The fourth-order valence-corrected chi connectivity index (χ4v) is 2.43. The molecule has 7 heteroatoms. The molecule has 1 aliphatic heterocycles. The van der Waals surface area contributed by atoms with Gasteiger partial charge in [-0.1, -0.05) is 0 Å². The summed E-state index contributed by atoms with van der Waals surface area (Å²) in [5, 5.41) is 2.66. The number of amides is 1. The van der Waals surface area contributed by atoms with E-state index in [0.717, 1.165) is 12.8 Å². The van der Waals surface area contributed by atoms with Gasteiger partial charge in [-0.2, -0.15) is 0 Å². The van der Waals surface area contributed by atoms with Crippen molar-refractivity contribution in [3.05, 3.63) is 18.0 Å². The Hall–Kier alpha value is -1.60. The smallest absolute Gasteiger partial charge is 0.488 e. The fraction of sp³-hybridized carbons (Fsp3) is 0.625. The molecule has 1 aromatic rings. The molecule has 1 saturated carbocycles. The van der Waals surface area contributed by atoms with Crippen molar-refractivity contribution >= 4 is 18.5 Å². The molecule has 124 valence electrons. The predicted octanol–water partition coefficient (Wildman–Crippen LogP) is 1.28. The molecule has 2 fully saturated rings. The van der Waals surface area contributed by atoms with Gasteiger partial charge in [0.05, 0.1) is 29.1 Å². The first-order chi connectivity index (χ1) is 10.7. The number of rotatable bonds is 4. The van der Waals surface area contributed by atoms with Gasteiger partial charge >= 0.3 is 7.12 Å². The van der Waals surface area contributed by atoms with Gasteiger partial charge < -0.3 is 19.4 Å². The molecule has 0 unspecified atom stereocenters. The summed E-state index contributed by atoms with van der Waals surface area (Å²) in [6.45, 7) is 7.91. The second-order valence-electron chi connectivity index (χ2n) is 7.09. The van der Waals surface area contributed by atoms with Crippen molar-refractivity contribution in [1.82, 2.24) is 10.3 Å². The number of carbonyl (C=O) groups excluding carboxylic acids is 1.